The Morgan fingerprint density at radius 2 is 1.05 bits per heavy atom. The lowest BCUT2D eigenvalue weighted by atomic mass is 10.2. The monoisotopic (exact) mass is 583 g/mol. The molecule has 0 saturated heterocycles. The van der Waals surface area contributed by atoms with Crippen LogP contribution >= 0.6 is 15.9 Å². The van der Waals surface area contributed by atoms with Crippen molar-refractivity contribution in [3.8, 4) is 0 Å². The van der Waals surface area contributed by atoms with Gasteiger partial charge in [-0.25, -0.2) is 10.0 Å². The fourth-order valence-electron chi connectivity index (χ4n) is 5.91. The predicted octanol–water partition coefficient (Wildman–Crippen LogP) is 5.96. The van der Waals surface area contributed by atoms with Crippen molar-refractivity contribution in [2.24, 2.45) is 0 Å². The van der Waals surface area contributed by atoms with Crippen LogP contribution < -0.4 is 30.8 Å². The van der Waals surface area contributed by atoms with Crippen LogP contribution in [0.4, 0.5) is 17.1 Å². The number of hydrogen-bond acceptors (Lipinski definition) is 3. The quantitative estimate of drug-likeness (QED) is 0.187. The zero-order valence-corrected chi connectivity index (χ0v) is 23.8. The second-order valence-corrected chi connectivity index (χ2v) is 14.4. The van der Waals surface area contributed by atoms with Gasteiger partial charge in [0.1, 0.15) is 0 Å². The van der Waals surface area contributed by atoms with Crippen molar-refractivity contribution in [1.29, 1.82) is 0 Å². The van der Waals surface area contributed by atoms with E-state index in [1.54, 1.807) is 0 Å². The molecular weight excluding hydrogens is 558 g/mol. The summed E-state index contributed by atoms with van der Waals surface area (Å²) < 4.78 is 1.06. The van der Waals surface area contributed by atoms with Crippen molar-refractivity contribution in [2.45, 2.75) is 0 Å². The molecular formula is C34H26BrN3Si. The summed E-state index contributed by atoms with van der Waals surface area (Å²) in [6.07, 6.45) is 8.35. The van der Waals surface area contributed by atoms with E-state index in [1.165, 1.54) is 20.7 Å². The second-order valence-electron chi connectivity index (χ2n) is 9.69. The van der Waals surface area contributed by atoms with Crippen molar-refractivity contribution in [3.63, 3.8) is 0 Å². The SMILES string of the molecule is Brc1ccc2c(c1)N1C=CC=CN1N2c1cccc([Si](c2ccccc2)(c2ccccc2)c2ccccc2)c1. The van der Waals surface area contributed by atoms with E-state index >= 15 is 0 Å². The van der Waals surface area contributed by atoms with E-state index in [4.69, 9.17) is 0 Å². The molecule has 2 aliphatic heterocycles. The molecule has 188 valence electrons. The minimum atomic E-state index is -2.62. The molecule has 5 heteroatoms. The normalized spacial score (nSPS) is 13.9. The molecule has 0 unspecified atom stereocenters. The zero-order chi connectivity index (χ0) is 26.2. The highest BCUT2D eigenvalue weighted by Gasteiger charge is 2.42. The Balaban J connectivity index is 1.49. The number of hydrazine groups is 2. The molecule has 0 N–H and O–H groups in total. The van der Waals surface area contributed by atoms with Crippen LogP contribution in [0.5, 0.6) is 0 Å². The lowest BCUT2D eigenvalue weighted by molar-refractivity contribution is 0.408. The van der Waals surface area contributed by atoms with Crippen LogP contribution in [-0.4, -0.2) is 13.2 Å². The number of halogens is 1. The second kappa shape index (κ2) is 9.77. The van der Waals surface area contributed by atoms with Gasteiger partial charge >= 0.3 is 0 Å². The van der Waals surface area contributed by atoms with Gasteiger partial charge in [-0.1, -0.05) is 119 Å². The highest BCUT2D eigenvalue weighted by Crippen LogP contribution is 2.45. The van der Waals surface area contributed by atoms with Gasteiger partial charge in [-0.2, -0.15) is 5.12 Å². The van der Waals surface area contributed by atoms with Gasteiger partial charge in [-0.15, -0.1) is 0 Å². The van der Waals surface area contributed by atoms with Gasteiger partial charge in [0.25, 0.3) is 0 Å². The van der Waals surface area contributed by atoms with Crippen LogP contribution in [0.3, 0.4) is 0 Å². The molecule has 7 rings (SSSR count). The van der Waals surface area contributed by atoms with E-state index in [9.17, 15) is 0 Å². The molecule has 0 fully saturated rings. The van der Waals surface area contributed by atoms with Gasteiger partial charge < -0.3 is 0 Å². The van der Waals surface area contributed by atoms with Crippen molar-refractivity contribution in [3.05, 3.63) is 162 Å². The molecule has 0 radical (unpaired) electrons. The third-order valence-electron chi connectivity index (χ3n) is 7.54. The van der Waals surface area contributed by atoms with Gasteiger partial charge in [0.15, 0.2) is 8.07 Å². The topological polar surface area (TPSA) is 9.72 Å². The van der Waals surface area contributed by atoms with Crippen molar-refractivity contribution >= 4 is 61.8 Å². The average Bonchev–Trinajstić information content (AvgIpc) is 3.33. The van der Waals surface area contributed by atoms with Crippen molar-refractivity contribution in [1.82, 2.24) is 5.12 Å². The molecule has 2 heterocycles. The van der Waals surface area contributed by atoms with E-state index in [1.807, 2.05) is 0 Å². The number of nitrogens with zero attached hydrogens (tertiary/aromatic N) is 3. The summed E-state index contributed by atoms with van der Waals surface area (Å²) in [5.74, 6) is 0. The number of benzene rings is 5. The van der Waals surface area contributed by atoms with E-state index in [2.05, 4.69) is 189 Å². The fraction of sp³-hybridized carbons (Fsp3) is 0. The van der Waals surface area contributed by atoms with Crippen molar-refractivity contribution in [2.75, 3.05) is 10.0 Å². The molecule has 0 amide bonds. The molecule has 0 bridgehead atoms. The van der Waals surface area contributed by atoms with Crippen LogP contribution in [0.25, 0.3) is 0 Å². The number of rotatable bonds is 5. The molecule has 5 aromatic carbocycles. The first-order valence-electron chi connectivity index (χ1n) is 13.1. The minimum Gasteiger partial charge on any atom is -0.240 e. The average molecular weight is 585 g/mol. The Morgan fingerprint density at radius 1 is 0.487 bits per heavy atom. The maximum Gasteiger partial charge on any atom is 0.179 e. The van der Waals surface area contributed by atoms with Crippen LogP contribution in [0.2, 0.25) is 0 Å². The molecule has 0 aromatic heterocycles. The minimum absolute atomic E-state index is 1.06. The summed E-state index contributed by atoms with van der Waals surface area (Å²) in [6, 6.07) is 48.8. The standard InChI is InChI=1S/C34H26BrN3Si/c35-27-21-22-33-34(25-27)36-23-10-11-24-37(36)38(33)28-13-12-20-32(26-28)39(29-14-4-1-5-15-29,30-16-6-2-7-17-30)31-18-8-3-9-19-31/h1-26H. The Labute approximate surface area is 238 Å². The maximum absolute atomic E-state index is 3.67. The summed E-state index contributed by atoms with van der Waals surface area (Å²) in [5, 5.41) is 12.1. The Morgan fingerprint density at radius 3 is 1.67 bits per heavy atom. The van der Waals surface area contributed by atoms with Crippen LogP contribution in [0, 0.1) is 0 Å². The highest BCUT2D eigenvalue weighted by atomic mass is 79.9. The van der Waals surface area contributed by atoms with Crippen LogP contribution in [0.1, 0.15) is 0 Å². The molecule has 0 saturated carbocycles. The largest absolute Gasteiger partial charge is 0.240 e. The Kier molecular flexibility index (Phi) is 5.95. The van der Waals surface area contributed by atoms with Crippen LogP contribution in [0.15, 0.2) is 162 Å². The first-order valence-corrected chi connectivity index (χ1v) is 15.9. The summed E-state index contributed by atoms with van der Waals surface area (Å²) in [5.41, 5.74) is 3.39. The number of hydrogen-bond donors (Lipinski definition) is 0. The third-order valence-corrected chi connectivity index (χ3v) is 12.8. The third kappa shape index (κ3) is 3.85. The first kappa shape index (κ1) is 23.8. The number of fused-ring (bicyclic) bond motifs is 3. The zero-order valence-electron chi connectivity index (χ0n) is 21.2. The van der Waals surface area contributed by atoms with Crippen LogP contribution in [-0.2, 0) is 0 Å². The van der Waals surface area contributed by atoms with Gasteiger partial charge in [0.05, 0.1) is 17.1 Å². The lowest BCUT2D eigenvalue weighted by Crippen LogP contribution is -2.74. The summed E-state index contributed by atoms with van der Waals surface area (Å²) in [6.45, 7) is 0. The van der Waals surface area contributed by atoms with E-state index in [-0.39, 0.29) is 0 Å². The molecule has 0 spiro atoms. The van der Waals surface area contributed by atoms with E-state index in [0.717, 1.165) is 21.5 Å². The molecule has 0 atom stereocenters. The predicted molar refractivity (Wildman–Crippen MR) is 169 cm³/mol. The summed E-state index contributed by atoms with van der Waals surface area (Å²) in [4.78, 5) is 0. The molecule has 3 nitrogen and oxygen atoms in total. The van der Waals surface area contributed by atoms with Gasteiger partial charge in [-0.05, 0) is 63.2 Å². The first-order chi connectivity index (χ1) is 19.3. The van der Waals surface area contributed by atoms with Crippen molar-refractivity contribution < 1.29 is 0 Å². The lowest BCUT2D eigenvalue weighted by Gasteiger charge is -2.37. The van der Waals surface area contributed by atoms with E-state index < -0.39 is 8.07 Å². The van der Waals surface area contributed by atoms with Gasteiger partial charge in [0, 0.05) is 16.9 Å². The number of allylic oxidation sites excluding steroid dienone is 2. The Bertz CT molecular complexity index is 1590. The van der Waals surface area contributed by atoms with Gasteiger partial charge in [0.2, 0.25) is 0 Å². The molecule has 39 heavy (non-hydrogen) atoms. The summed E-state index contributed by atoms with van der Waals surface area (Å²) in [7, 11) is -2.62. The van der Waals surface area contributed by atoms with E-state index in [0.29, 0.717) is 0 Å². The fourth-order valence-corrected chi connectivity index (χ4v) is 11.1. The molecule has 5 aromatic rings. The smallest absolute Gasteiger partial charge is 0.179 e. The number of anilines is 3. The molecule has 0 aliphatic carbocycles. The Hall–Kier alpha value is -4.32. The van der Waals surface area contributed by atoms with Gasteiger partial charge in [-0.3, -0.25) is 0 Å². The summed E-state index contributed by atoms with van der Waals surface area (Å²) >= 11 is 3.67. The maximum atomic E-state index is 3.67. The molecule has 2 aliphatic rings. The highest BCUT2D eigenvalue weighted by molar-refractivity contribution is 9.10.